The van der Waals surface area contributed by atoms with Gasteiger partial charge in [-0.3, -0.25) is 0 Å². The summed E-state index contributed by atoms with van der Waals surface area (Å²) >= 11 is 0. The van der Waals surface area contributed by atoms with Crippen molar-refractivity contribution in [1.29, 1.82) is 0 Å². The van der Waals surface area contributed by atoms with Crippen molar-refractivity contribution in [3.63, 3.8) is 0 Å². The Hall–Kier alpha value is -1.84. The Kier molecular flexibility index (Phi) is 4.03. The molecule has 0 bridgehead atoms. The van der Waals surface area contributed by atoms with Crippen molar-refractivity contribution < 1.29 is 22.7 Å². The quantitative estimate of drug-likeness (QED) is 0.777. The van der Waals surface area contributed by atoms with Crippen molar-refractivity contribution in [2.75, 3.05) is 0 Å². The standard InChI is InChI=1S/C9H16N4O5S/c1-5(2)12-8(14)11-7(10)13(19(12,16)17)9(15)18-6(3)4/h5-6H,1-4H3,(H2,10,11,14). The average Bonchev–Trinajstić information content (AvgIpc) is 2.11. The van der Waals surface area contributed by atoms with Gasteiger partial charge in [0.25, 0.3) is 0 Å². The van der Waals surface area contributed by atoms with Crippen molar-refractivity contribution in [3.8, 4) is 0 Å². The molecular weight excluding hydrogens is 276 g/mol. The van der Waals surface area contributed by atoms with Crippen molar-refractivity contribution in [1.82, 2.24) is 8.61 Å². The Morgan fingerprint density at radius 3 is 2.26 bits per heavy atom. The molecule has 1 aliphatic heterocycles. The Bertz CT molecular complexity index is 525. The van der Waals surface area contributed by atoms with Gasteiger partial charge in [0.1, 0.15) is 0 Å². The van der Waals surface area contributed by atoms with Gasteiger partial charge in [-0.15, -0.1) is 4.31 Å². The number of carbonyl (C=O) groups is 2. The first kappa shape index (κ1) is 15.2. The Labute approximate surface area is 111 Å². The minimum Gasteiger partial charge on any atom is -0.446 e. The van der Waals surface area contributed by atoms with E-state index in [0.717, 1.165) is 0 Å². The molecule has 0 spiro atoms. The second kappa shape index (κ2) is 5.03. The third-order valence-corrected chi connectivity index (χ3v) is 3.93. The van der Waals surface area contributed by atoms with Gasteiger partial charge in [-0.05, 0) is 27.7 Å². The lowest BCUT2D eigenvalue weighted by molar-refractivity contribution is 0.105. The van der Waals surface area contributed by atoms with Gasteiger partial charge < -0.3 is 10.5 Å². The van der Waals surface area contributed by atoms with Gasteiger partial charge in [-0.25, -0.2) is 9.59 Å². The highest BCUT2D eigenvalue weighted by molar-refractivity contribution is 7.88. The fourth-order valence-electron chi connectivity index (χ4n) is 1.42. The lowest BCUT2D eigenvalue weighted by atomic mass is 10.4. The SMILES string of the molecule is CC(C)OC(=O)N1C(N)=NC(=O)N(C(C)C)S1(=O)=O. The molecular formula is C9H16N4O5S. The van der Waals surface area contributed by atoms with E-state index < -0.39 is 40.4 Å². The van der Waals surface area contributed by atoms with Crippen LogP contribution in [0.25, 0.3) is 0 Å². The Morgan fingerprint density at radius 1 is 1.32 bits per heavy atom. The number of nitrogens with two attached hydrogens (primary N) is 1. The van der Waals surface area contributed by atoms with Crippen LogP contribution in [0.1, 0.15) is 27.7 Å². The fraction of sp³-hybridized carbons (Fsp3) is 0.667. The topological polar surface area (TPSA) is 122 Å². The molecule has 0 saturated carbocycles. The summed E-state index contributed by atoms with van der Waals surface area (Å²) in [7, 11) is -4.42. The first-order chi connectivity index (χ1) is 8.59. The monoisotopic (exact) mass is 292 g/mol. The smallest absolute Gasteiger partial charge is 0.432 e. The van der Waals surface area contributed by atoms with Crippen molar-refractivity contribution in [2.24, 2.45) is 10.7 Å². The summed E-state index contributed by atoms with van der Waals surface area (Å²) < 4.78 is 29.7. The molecule has 0 saturated heterocycles. The van der Waals surface area contributed by atoms with Crippen LogP contribution < -0.4 is 5.73 Å². The summed E-state index contributed by atoms with van der Waals surface area (Å²) in [6.45, 7) is 6.04. The molecule has 19 heavy (non-hydrogen) atoms. The molecule has 0 aliphatic carbocycles. The summed E-state index contributed by atoms with van der Waals surface area (Å²) in [5.41, 5.74) is 5.33. The number of ether oxygens (including phenoxy) is 1. The predicted molar refractivity (Wildman–Crippen MR) is 66.4 cm³/mol. The van der Waals surface area contributed by atoms with E-state index in [0.29, 0.717) is 4.31 Å². The lowest BCUT2D eigenvalue weighted by Crippen LogP contribution is -2.59. The zero-order chi connectivity index (χ0) is 15.0. The molecule has 0 aromatic heterocycles. The summed E-state index contributed by atoms with van der Waals surface area (Å²) in [6, 6.07) is -1.75. The molecule has 1 heterocycles. The number of carbonyl (C=O) groups excluding carboxylic acids is 2. The van der Waals surface area contributed by atoms with E-state index in [1.807, 2.05) is 0 Å². The highest BCUT2D eigenvalue weighted by Gasteiger charge is 2.45. The first-order valence-electron chi connectivity index (χ1n) is 5.52. The van der Waals surface area contributed by atoms with Crippen LogP contribution in [0.4, 0.5) is 9.59 Å². The van der Waals surface area contributed by atoms with Crippen LogP contribution in [0.5, 0.6) is 0 Å². The maximum Gasteiger partial charge on any atom is 0.432 e. The molecule has 0 atom stereocenters. The second-order valence-corrected chi connectivity index (χ2v) is 6.00. The summed E-state index contributed by atoms with van der Waals surface area (Å²) in [4.78, 5) is 26.6. The molecule has 1 aliphatic rings. The summed E-state index contributed by atoms with van der Waals surface area (Å²) in [5.74, 6) is -0.729. The molecule has 2 N–H and O–H groups in total. The third kappa shape index (κ3) is 2.78. The van der Waals surface area contributed by atoms with Crippen LogP contribution in [0.3, 0.4) is 0 Å². The summed E-state index contributed by atoms with van der Waals surface area (Å²) in [6.07, 6.45) is -1.74. The van der Waals surface area contributed by atoms with Crippen LogP contribution >= 0.6 is 0 Å². The first-order valence-corrected chi connectivity index (χ1v) is 6.92. The minimum atomic E-state index is -4.42. The molecule has 0 aromatic carbocycles. The van der Waals surface area contributed by atoms with E-state index >= 15 is 0 Å². The van der Waals surface area contributed by atoms with Crippen molar-refractivity contribution in [2.45, 2.75) is 39.8 Å². The zero-order valence-electron chi connectivity index (χ0n) is 11.0. The van der Waals surface area contributed by atoms with Crippen LogP contribution in [0, 0.1) is 0 Å². The van der Waals surface area contributed by atoms with E-state index in [-0.39, 0.29) is 4.31 Å². The number of urea groups is 1. The average molecular weight is 292 g/mol. The van der Waals surface area contributed by atoms with Crippen LogP contribution in [0.2, 0.25) is 0 Å². The van der Waals surface area contributed by atoms with Crippen LogP contribution in [-0.2, 0) is 14.9 Å². The number of amides is 3. The summed E-state index contributed by atoms with van der Waals surface area (Å²) in [5, 5.41) is 0. The molecule has 1 rings (SSSR count). The highest BCUT2D eigenvalue weighted by Crippen LogP contribution is 2.20. The molecule has 0 fully saturated rings. The van der Waals surface area contributed by atoms with Gasteiger partial charge in [0.2, 0.25) is 5.96 Å². The van der Waals surface area contributed by atoms with Gasteiger partial charge in [0, 0.05) is 6.04 Å². The predicted octanol–water partition coefficient (Wildman–Crippen LogP) is 0.237. The largest absolute Gasteiger partial charge is 0.446 e. The lowest BCUT2D eigenvalue weighted by Gasteiger charge is -2.33. The van der Waals surface area contributed by atoms with Crippen molar-refractivity contribution in [3.05, 3.63) is 0 Å². The third-order valence-electron chi connectivity index (χ3n) is 2.06. The number of nitrogens with zero attached hydrogens (tertiary/aromatic N) is 3. The van der Waals surface area contributed by atoms with E-state index in [9.17, 15) is 18.0 Å². The minimum absolute atomic E-state index is 0.175. The van der Waals surface area contributed by atoms with E-state index in [4.69, 9.17) is 10.5 Å². The zero-order valence-corrected chi connectivity index (χ0v) is 11.8. The van der Waals surface area contributed by atoms with Crippen molar-refractivity contribution >= 4 is 28.3 Å². The number of hydrogen-bond acceptors (Lipinski definition) is 6. The van der Waals surface area contributed by atoms with Crippen LogP contribution in [-0.4, -0.2) is 47.3 Å². The number of rotatable bonds is 2. The maximum absolute atomic E-state index is 12.2. The molecule has 3 amide bonds. The van der Waals surface area contributed by atoms with E-state index in [2.05, 4.69) is 4.99 Å². The van der Waals surface area contributed by atoms with Gasteiger partial charge >= 0.3 is 22.3 Å². The Morgan fingerprint density at radius 2 is 1.84 bits per heavy atom. The fourth-order valence-corrected chi connectivity index (χ4v) is 2.88. The van der Waals surface area contributed by atoms with Gasteiger partial charge in [0.05, 0.1) is 6.10 Å². The molecule has 9 nitrogen and oxygen atoms in total. The van der Waals surface area contributed by atoms with Crippen LogP contribution in [0.15, 0.2) is 4.99 Å². The normalized spacial score (nSPS) is 18.8. The Balaban J connectivity index is 3.27. The number of guanidine groups is 1. The molecule has 0 unspecified atom stereocenters. The molecule has 108 valence electrons. The van der Waals surface area contributed by atoms with Gasteiger partial charge in [-0.1, -0.05) is 0 Å². The van der Waals surface area contributed by atoms with Gasteiger partial charge in [0.15, 0.2) is 0 Å². The molecule has 10 heteroatoms. The van der Waals surface area contributed by atoms with E-state index in [1.165, 1.54) is 13.8 Å². The van der Waals surface area contributed by atoms with E-state index in [1.54, 1.807) is 13.8 Å². The maximum atomic E-state index is 12.2. The molecule has 0 aromatic rings. The second-order valence-electron chi connectivity index (χ2n) is 4.35. The molecule has 0 radical (unpaired) electrons. The van der Waals surface area contributed by atoms with Gasteiger partial charge in [-0.2, -0.15) is 17.7 Å². The number of hydrogen-bond donors (Lipinski definition) is 1. The highest BCUT2D eigenvalue weighted by atomic mass is 32.2. The number of aliphatic imine (C=N–C) groups is 1.